The highest BCUT2D eigenvalue weighted by molar-refractivity contribution is 7.89. The average molecular weight is 397 g/mol. The van der Waals surface area contributed by atoms with Gasteiger partial charge in [0.15, 0.2) is 0 Å². The van der Waals surface area contributed by atoms with E-state index in [-0.39, 0.29) is 36.8 Å². The molecule has 0 aliphatic carbocycles. The van der Waals surface area contributed by atoms with Gasteiger partial charge in [-0.05, 0) is 67.8 Å². The van der Waals surface area contributed by atoms with Gasteiger partial charge in [-0.15, -0.1) is 0 Å². The van der Waals surface area contributed by atoms with Gasteiger partial charge in [-0.1, -0.05) is 0 Å². The quantitative estimate of drug-likeness (QED) is 0.843. The van der Waals surface area contributed by atoms with E-state index in [1.54, 1.807) is 0 Å². The summed E-state index contributed by atoms with van der Waals surface area (Å²) in [5, 5.41) is 10.8. The minimum Gasteiger partial charge on any atom is -0.491 e. The van der Waals surface area contributed by atoms with E-state index in [4.69, 9.17) is 4.74 Å². The van der Waals surface area contributed by atoms with Gasteiger partial charge in [0.25, 0.3) is 0 Å². The van der Waals surface area contributed by atoms with E-state index < -0.39 is 21.4 Å². The zero-order chi connectivity index (χ0) is 19.5. The predicted molar refractivity (Wildman–Crippen MR) is 95.9 cm³/mol. The third kappa shape index (κ3) is 4.82. The van der Waals surface area contributed by atoms with Crippen LogP contribution in [0.5, 0.6) is 5.75 Å². The van der Waals surface area contributed by atoms with Crippen LogP contribution in [0.15, 0.2) is 53.4 Å². The van der Waals surface area contributed by atoms with Crippen molar-refractivity contribution in [1.29, 1.82) is 0 Å². The Morgan fingerprint density at radius 1 is 0.963 bits per heavy atom. The van der Waals surface area contributed by atoms with E-state index in [0.29, 0.717) is 18.6 Å². The Bertz CT molecular complexity index is 872. The highest BCUT2D eigenvalue weighted by Crippen LogP contribution is 2.27. The van der Waals surface area contributed by atoms with Crippen LogP contribution in [-0.2, 0) is 10.0 Å². The Morgan fingerprint density at radius 3 is 2.19 bits per heavy atom. The third-order valence-corrected chi connectivity index (χ3v) is 6.56. The van der Waals surface area contributed by atoms with E-state index in [1.165, 1.54) is 40.7 Å². The summed E-state index contributed by atoms with van der Waals surface area (Å²) in [5.74, 6) is -0.445. The van der Waals surface area contributed by atoms with Crippen LogP contribution in [0.2, 0.25) is 0 Å². The first-order valence-electron chi connectivity index (χ1n) is 8.65. The van der Waals surface area contributed by atoms with E-state index >= 15 is 0 Å². The van der Waals surface area contributed by atoms with Crippen molar-refractivity contribution in [3.05, 3.63) is 60.2 Å². The van der Waals surface area contributed by atoms with Gasteiger partial charge >= 0.3 is 0 Å². The van der Waals surface area contributed by atoms with Gasteiger partial charge in [-0.25, -0.2) is 17.2 Å². The predicted octanol–water partition coefficient (Wildman–Crippen LogP) is 2.95. The first kappa shape index (κ1) is 19.7. The van der Waals surface area contributed by atoms with Crippen LogP contribution in [0.3, 0.4) is 0 Å². The lowest BCUT2D eigenvalue weighted by Crippen LogP contribution is -2.38. The SMILES string of the molecule is O=S(=O)(c1ccc(F)cc1)N1CCCC(O)(COc2ccc(F)cc2)CC1. The number of nitrogens with zero attached hydrogens (tertiary/aromatic N) is 1. The molecule has 0 saturated carbocycles. The Morgan fingerprint density at radius 2 is 1.56 bits per heavy atom. The van der Waals surface area contributed by atoms with Gasteiger partial charge in [0.1, 0.15) is 24.0 Å². The molecule has 8 heteroatoms. The molecule has 2 aromatic rings. The minimum atomic E-state index is -3.75. The number of hydrogen-bond acceptors (Lipinski definition) is 4. The molecule has 1 aliphatic rings. The van der Waals surface area contributed by atoms with Crippen LogP contribution in [0.25, 0.3) is 0 Å². The van der Waals surface area contributed by atoms with Gasteiger partial charge < -0.3 is 9.84 Å². The molecule has 1 heterocycles. The summed E-state index contributed by atoms with van der Waals surface area (Å²) in [5.41, 5.74) is -1.18. The van der Waals surface area contributed by atoms with Crippen LogP contribution in [0, 0.1) is 11.6 Å². The molecule has 0 spiro atoms. The fourth-order valence-corrected chi connectivity index (χ4v) is 4.52. The first-order valence-corrected chi connectivity index (χ1v) is 10.1. The molecular formula is C19H21F2NO4S. The molecule has 0 radical (unpaired) electrons. The molecule has 0 aromatic heterocycles. The highest BCUT2D eigenvalue weighted by atomic mass is 32.2. The summed E-state index contributed by atoms with van der Waals surface area (Å²) in [6, 6.07) is 10.2. The van der Waals surface area contributed by atoms with Crippen LogP contribution in [-0.4, -0.2) is 43.1 Å². The summed E-state index contributed by atoms with van der Waals surface area (Å²) in [6.07, 6.45) is 1.04. The minimum absolute atomic E-state index is 0.0108. The van der Waals surface area contributed by atoms with Crippen molar-refractivity contribution < 1.29 is 27.0 Å². The summed E-state index contributed by atoms with van der Waals surface area (Å²) in [4.78, 5) is 0.0249. The smallest absolute Gasteiger partial charge is 0.243 e. The van der Waals surface area contributed by atoms with E-state index in [9.17, 15) is 22.3 Å². The molecule has 2 aromatic carbocycles. The topological polar surface area (TPSA) is 66.8 Å². The Hall–Kier alpha value is -2.03. The van der Waals surface area contributed by atoms with E-state index in [1.807, 2.05) is 0 Å². The molecule has 27 heavy (non-hydrogen) atoms. The number of aliphatic hydroxyl groups is 1. The lowest BCUT2D eigenvalue weighted by molar-refractivity contribution is -0.0156. The van der Waals surface area contributed by atoms with Gasteiger partial charge in [0, 0.05) is 13.1 Å². The lowest BCUT2D eigenvalue weighted by atomic mass is 9.96. The molecule has 1 aliphatic heterocycles. The molecule has 1 atom stereocenters. The van der Waals surface area contributed by atoms with Crippen LogP contribution >= 0.6 is 0 Å². The third-order valence-electron chi connectivity index (χ3n) is 4.65. The summed E-state index contributed by atoms with van der Waals surface area (Å²) in [6.45, 7) is 0.380. The maximum absolute atomic E-state index is 13.1. The molecule has 1 saturated heterocycles. The Labute approximate surface area is 157 Å². The second kappa shape index (κ2) is 7.92. The molecule has 1 unspecified atom stereocenters. The number of rotatable bonds is 5. The summed E-state index contributed by atoms with van der Waals surface area (Å²) in [7, 11) is -3.75. The van der Waals surface area contributed by atoms with Gasteiger partial charge in [-0.3, -0.25) is 0 Å². The zero-order valence-corrected chi connectivity index (χ0v) is 15.5. The lowest BCUT2D eigenvalue weighted by Gasteiger charge is -2.27. The molecule has 1 N–H and O–H groups in total. The van der Waals surface area contributed by atoms with Crippen LogP contribution in [0.4, 0.5) is 8.78 Å². The van der Waals surface area contributed by atoms with E-state index in [2.05, 4.69) is 0 Å². The van der Waals surface area contributed by atoms with Crippen LogP contribution in [0.1, 0.15) is 19.3 Å². The van der Waals surface area contributed by atoms with Gasteiger partial charge in [0.2, 0.25) is 10.0 Å². The van der Waals surface area contributed by atoms with Crippen molar-refractivity contribution >= 4 is 10.0 Å². The molecule has 0 amide bonds. The van der Waals surface area contributed by atoms with Crippen molar-refractivity contribution in [3.8, 4) is 5.75 Å². The molecule has 0 bridgehead atoms. The molecule has 146 valence electrons. The number of ether oxygens (including phenoxy) is 1. The number of halogens is 2. The summed E-state index contributed by atoms with van der Waals surface area (Å²) >= 11 is 0. The Balaban J connectivity index is 1.65. The van der Waals surface area contributed by atoms with Crippen molar-refractivity contribution in [1.82, 2.24) is 4.31 Å². The monoisotopic (exact) mass is 397 g/mol. The second-order valence-electron chi connectivity index (χ2n) is 6.68. The van der Waals surface area contributed by atoms with Crippen molar-refractivity contribution in [2.45, 2.75) is 29.8 Å². The molecule has 5 nitrogen and oxygen atoms in total. The average Bonchev–Trinajstić information content (AvgIpc) is 2.84. The van der Waals surface area contributed by atoms with Gasteiger partial charge in [0.05, 0.1) is 10.5 Å². The summed E-state index contributed by atoms with van der Waals surface area (Å²) < 4.78 is 58.3. The van der Waals surface area contributed by atoms with Crippen LogP contribution < -0.4 is 4.74 Å². The second-order valence-corrected chi connectivity index (χ2v) is 8.62. The maximum atomic E-state index is 13.1. The number of sulfonamides is 1. The molecule has 1 fully saturated rings. The number of hydrogen-bond donors (Lipinski definition) is 1. The molecular weight excluding hydrogens is 376 g/mol. The molecule has 3 rings (SSSR count). The van der Waals surface area contributed by atoms with Crippen molar-refractivity contribution in [2.24, 2.45) is 0 Å². The zero-order valence-electron chi connectivity index (χ0n) is 14.6. The van der Waals surface area contributed by atoms with Gasteiger partial charge in [-0.2, -0.15) is 4.31 Å². The normalized spacial score (nSPS) is 21.6. The Kier molecular flexibility index (Phi) is 5.78. The van der Waals surface area contributed by atoms with Crippen molar-refractivity contribution in [3.63, 3.8) is 0 Å². The largest absolute Gasteiger partial charge is 0.491 e. The fraction of sp³-hybridized carbons (Fsp3) is 0.368. The standard InChI is InChI=1S/C19H21F2NO4S/c20-15-2-6-17(7-3-15)26-14-19(23)10-1-12-22(13-11-19)27(24,25)18-8-4-16(21)5-9-18/h2-9,23H,1,10-14H2. The number of benzene rings is 2. The van der Waals surface area contributed by atoms with E-state index in [0.717, 1.165) is 12.1 Å². The highest BCUT2D eigenvalue weighted by Gasteiger charge is 2.35. The first-order chi connectivity index (χ1) is 12.8. The van der Waals surface area contributed by atoms with Crippen molar-refractivity contribution in [2.75, 3.05) is 19.7 Å². The maximum Gasteiger partial charge on any atom is 0.243 e. The fourth-order valence-electron chi connectivity index (χ4n) is 3.04.